The number of hydrogen-bond acceptors (Lipinski definition) is 2. The van der Waals surface area contributed by atoms with Gasteiger partial charge in [0.2, 0.25) is 0 Å². The van der Waals surface area contributed by atoms with Gasteiger partial charge in [-0.2, -0.15) is 10.5 Å². The van der Waals surface area contributed by atoms with Crippen LogP contribution in [0.3, 0.4) is 0 Å². The van der Waals surface area contributed by atoms with Gasteiger partial charge >= 0.3 is 51.4 Å². The van der Waals surface area contributed by atoms with Crippen molar-refractivity contribution in [2.75, 3.05) is 0 Å². The Hall–Kier alpha value is 0.616. The molecule has 0 fully saturated rings. The predicted molar refractivity (Wildman–Crippen MR) is 23.0 cm³/mol. The van der Waals surface area contributed by atoms with Gasteiger partial charge < -0.3 is 0 Å². The quantitative estimate of drug-likeness (QED) is 0.401. The molecule has 0 aromatic carbocycles. The van der Waals surface area contributed by atoms with Gasteiger partial charge in [-0.3, -0.25) is 0 Å². The van der Waals surface area contributed by atoms with Crippen molar-refractivity contribution in [2.24, 2.45) is 0 Å². The molecule has 0 aromatic heterocycles. The number of nitrogens with zero attached hydrogens (tertiary/aromatic N) is 2. The monoisotopic (exact) mass is 106 g/mol. The first-order valence-corrected chi connectivity index (χ1v) is 1.15. The minimum absolute atomic E-state index is 0. The summed E-state index contributed by atoms with van der Waals surface area (Å²) in [6.07, 6.45) is 0. The normalized spacial score (nSPS) is 3.67. The average Bonchev–Trinajstić information content (AvgIpc) is 1.41. The first kappa shape index (κ1) is 9.79. The molecular weight excluding hydrogens is 103 g/mol. The Kier molecular flexibility index (Phi) is 14.9. The molecule has 6 heavy (non-hydrogen) atoms. The predicted octanol–water partition coefficient (Wildman–Crippen LogP) is -0.225. The third-order valence-corrected chi connectivity index (χ3v) is 0.158. The topological polar surface area (TPSA) is 47.6 Å². The molecule has 26 valence electrons. The zero-order valence-corrected chi connectivity index (χ0v) is 2.60. The fraction of sp³-hybridized carbons (Fsp3) is 0.333. The van der Waals surface area contributed by atoms with Crippen LogP contribution >= 0.6 is 0 Å². The van der Waals surface area contributed by atoms with Crippen molar-refractivity contribution < 1.29 is 0 Å². The molecule has 0 bridgehead atoms. The average molecular weight is 106 g/mol. The van der Waals surface area contributed by atoms with Crippen LogP contribution in [0, 0.1) is 22.7 Å². The number of hydrogen-bond donors (Lipinski definition) is 0. The first-order chi connectivity index (χ1) is 2.41. The molecule has 0 saturated carbocycles. The van der Waals surface area contributed by atoms with E-state index in [4.69, 9.17) is 10.5 Å². The van der Waals surface area contributed by atoms with E-state index in [-0.39, 0.29) is 57.8 Å². The van der Waals surface area contributed by atoms with Gasteiger partial charge in [-0.15, -0.1) is 0 Å². The SMILES string of the molecule is N#CCC#N.[KH]. The third-order valence-electron chi connectivity index (χ3n) is 0.158. The minimum atomic E-state index is 0. The molecule has 0 saturated heterocycles. The van der Waals surface area contributed by atoms with Crippen molar-refractivity contribution in [3.63, 3.8) is 0 Å². The van der Waals surface area contributed by atoms with E-state index in [0.29, 0.717) is 0 Å². The molecule has 2 nitrogen and oxygen atoms in total. The molecular formula is C3H3KN2. The van der Waals surface area contributed by atoms with E-state index in [1.807, 2.05) is 0 Å². The summed E-state index contributed by atoms with van der Waals surface area (Å²) in [5.41, 5.74) is 0. The molecule has 0 N–H and O–H groups in total. The van der Waals surface area contributed by atoms with E-state index in [1.54, 1.807) is 12.1 Å². The Balaban J connectivity index is 0. The Bertz CT molecular complexity index is 73.9. The van der Waals surface area contributed by atoms with Crippen LogP contribution in [0.5, 0.6) is 0 Å². The van der Waals surface area contributed by atoms with Gasteiger partial charge in [0.25, 0.3) is 0 Å². The number of rotatable bonds is 0. The molecule has 3 heteroatoms. The van der Waals surface area contributed by atoms with Gasteiger partial charge in [-0.25, -0.2) is 0 Å². The molecule has 0 heterocycles. The summed E-state index contributed by atoms with van der Waals surface area (Å²) in [4.78, 5) is 0. The second kappa shape index (κ2) is 9.15. The second-order valence-corrected chi connectivity index (χ2v) is 0.493. The third kappa shape index (κ3) is 8.82. The van der Waals surface area contributed by atoms with E-state index in [9.17, 15) is 0 Å². The summed E-state index contributed by atoms with van der Waals surface area (Å²) in [5.74, 6) is 0. The van der Waals surface area contributed by atoms with Crippen LogP contribution in [0.4, 0.5) is 0 Å². The van der Waals surface area contributed by atoms with Crippen LogP contribution in [-0.4, -0.2) is 51.4 Å². The van der Waals surface area contributed by atoms with Crippen LogP contribution in [-0.2, 0) is 0 Å². The Labute approximate surface area is 79.2 Å². The van der Waals surface area contributed by atoms with Gasteiger partial charge in [0.05, 0.1) is 12.1 Å². The van der Waals surface area contributed by atoms with Crippen LogP contribution in [0.15, 0.2) is 0 Å². The van der Waals surface area contributed by atoms with E-state index in [1.165, 1.54) is 0 Å². The molecule has 0 aliphatic heterocycles. The van der Waals surface area contributed by atoms with Crippen molar-refractivity contribution in [3.05, 3.63) is 0 Å². The van der Waals surface area contributed by atoms with E-state index in [0.717, 1.165) is 0 Å². The standard InChI is InChI=1S/C3H2N2.K.H/c4-2-1-3-5;;/h1H2;;. The van der Waals surface area contributed by atoms with Crippen LogP contribution < -0.4 is 0 Å². The van der Waals surface area contributed by atoms with Crippen molar-refractivity contribution in [1.29, 1.82) is 10.5 Å². The summed E-state index contributed by atoms with van der Waals surface area (Å²) in [5, 5.41) is 15.2. The molecule has 0 aromatic rings. The fourth-order valence-corrected chi connectivity index (χ4v) is 0.0354. The van der Waals surface area contributed by atoms with E-state index >= 15 is 0 Å². The zero-order valence-electron chi connectivity index (χ0n) is 2.60. The van der Waals surface area contributed by atoms with Crippen LogP contribution in [0.25, 0.3) is 0 Å². The molecule has 0 radical (unpaired) electrons. The summed E-state index contributed by atoms with van der Waals surface area (Å²) >= 11 is 0. The Morgan fingerprint density at radius 2 is 1.50 bits per heavy atom. The number of nitriles is 2. The van der Waals surface area contributed by atoms with E-state index in [2.05, 4.69) is 0 Å². The van der Waals surface area contributed by atoms with Crippen molar-refractivity contribution >= 4 is 51.4 Å². The summed E-state index contributed by atoms with van der Waals surface area (Å²) in [6.45, 7) is 0. The molecule has 0 amide bonds. The summed E-state index contributed by atoms with van der Waals surface area (Å²) in [6, 6.07) is 3.31. The van der Waals surface area contributed by atoms with Crippen molar-refractivity contribution in [1.82, 2.24) is 0 Å². The molecule has 0 rings (SSSR count). The maximum absolute atomic E-state index is 7.59. The van der Waals surface area contributed by atoms with Gasteiger partial charge in [0.1, 0.15) is 6.42 Å². The van der Waals surface area contributed by atoms with Gasteiger partial charge in [0, 0.05) is 0 Å². The maximum atomic E-state index is 7.59. The Morgan fingerprint density at radius 1 is 1.17 bits per heavy atom. The molecule has 0 spiro atoms. The van der Waals surface area contributed by atoms with Gasteiger partial charge in [0.15, 0.2) is 0 Å². The van der Waals surface area contributed by atoms with Crippen LogP contribution in [0.2, 0.25) is 0 Å². The summed E-state index contributed by atoms with van der Waals surface area (Å²) < 4.78 is 0. The molecule has 0 unspecified atom stereocenters. The fourth-order valence-electron chi connectivity index (χ4n) is 0.0354. The Morgan fingerprint density at radius 3 is 1.50 bits per heavy atom. The molecule has 0 aliphatic rings. The van der Waals surface area contributed by atoms with E-state index < -0.39 is 0 Å². The first-order valence-electron chi connectivity index (χ1n) is 1.15. The molecule has 0 aliphatic carbocycles. The van der Waals surface area contributed by atoms with Gasteiger partial charge in [-0.1, -0.05) is 0 Å². The van der Waals surface area contributed by atoms with Gasteiger partial charge in [-0.05, 0) is 0 Å². The van der Waals surface area contributed by atoms with Crippen molar-refractivity contribution in [2.45, 2.75) is 6.42 Å². The van der Waals surface area contributed by atoms with Crippen LogP contribution in [0.1, 0.15) is 6.42 Å². The summed E-state index contributed by atoms with van der Waals surface area (Å²) in [7, 11) is 0. The second-order valence-electron chi connectivity index (χ2n) is 0.493. The molecule has 0 atom stereocenters. The van der Waals surface area contributed by atoms with Crippen molar-refractivity contribution in [3.8, 4) is 12.1 Å². The zero-order chi connectivity index (χ0) is 4.12.